The summed E-state index contributed by atoms with van der Waals surface area (Å²) in [5.74, 6) is 0.580. The Labute approximate surface area is 227 Å². The maximum absolute atomic E-state index is 12.9. The quantitative estimate of drug-likeness (QED) is 0.255. The molecule has 1 amide bonds. The van der Waals surface area contributed by atoms with Gasteiger partial charge in [0, 0.05) is 10.4 Å². The summed E-state index contributed by atoms with van der Waals surface area (Å²) in [5.41, 5.74) is 4.47. The standard InChI is InChI=1S/C28H22N4O2S3/c1-34-18-10-8-17(9-11-18)20-13-23(25-7-4-12-35-25)31-27(22(20)15-30)36-16-26(33)32-28-21(14-29)19-5-2-3-6-24(19)37-28/h4,7-13H,2-3,5-6,16H2,1H3,(H,32,33). The fraction of sp³-hybridized carbons (Fsp3) is 0.214. The summed E-state index contributed by atoms with van der Waals surface area (Å²) >= 11 is 4.31. The molecule has 0 fully saturated rings. The second-order valence-corrected chi connectivity index (χ2v) is 11.4. The largest absolute Gasteiger partial charge is 0.497 e. The van der Waals surface area contributed by atoms with Crippen molar-refractivity contribution in [3.8, 4) is 39.6 Å². The predicted octanol–water partition coefficient (Wildman–Crippen LogP) is 6.90. The summed E-state index contributed by atoms with van der Waals surface area (Å²) in [4.78, 5) is 19.9. The minimum absolute atomic E-state index is 0.0745. The number of pyridine rings is 1. The van der Waals surface area contributed by atoms with E-state index < -0.39 is 0 Å². The summed E-state index contributed by atoms with van der Waals surface area (Å²) in [7, 11) is 1.61. The number of fused-ring (bicyclic) bond motifs is 1. The molecule has 1 aliphatic carbocycles. The third-order valence-corrected chi connectivity index (χ3v) is 9.22. The first-order valence-corrected chi connectivity index (χ1v) is 14.4. The Hall–Kier alpha value is -3.63. The molecule has 3 heterocycles. The van der Waals surface area contributed by atoms with Gasteiger partial charge in [-0.1, -0.05) is 30.0 Å². The van der Waals surface area contributed by atoms with Crippen LogP contribution in [-0.2, 0) is 17.6 Å². The van der Waals surface area contributed by atoms with Crippen molar-refractivity contribution in [3.63, 3.8) is 0 Å². The number of thiophene rings is 2. The third-order valence-electron chi connectivity index (χ3n) is 6.15. The van der Waals surface area contributed by atoms with E-state index in [2.05, 4.69) is 17.5 Å². The Bertz CT molecular complexity index is 1530. The van der Waals surface area contributed by atoms with Crippen LogP contribution in [0, 0.1) is 22.7 Å². The molecule has 9 heteroatoms. The number of ether oxygens (including phenoxy) is 1. The maximum atomic E-state index is 12.9. The predicted molar refractivity (Wildman–Crippen MR) is 149 cm³/mol. The molecule has 1 aromatic carbocycles. The van der Waals surface area contributed by atoms with Crippen molar-refractivity contribution in [1.29, 1.82) is 10.5 Å². The van der Waals surface area contributed by atoms with E-state index in [4.69, 9.17) is 9.72 Å². The minimum Gasteiger partial charge on any atom is -0.497 e. The zero-order valence-corrected chi connectivity index (χ0v) is 22.5. The van der Waals surface area contributed by atoms with Gasteiger partial charge in [-0.15, -0.1) is 22.7 Å². The number of aromatic nitrogens is 1. The highest BCUT2D eigenvalue weighted by Crippen LogP contribution is 2.39. The Morgan fingerprint density at radius 3 is 2.62 bits per heavy atom. The van der Waals surface area contributed by atoms with Crippen molar-refractivity contribution in [2.24, 2.45) is 0 Å². The molecule has 4 aromatic rings. The van der Waals surface area contributed by atoms with Crippen LogP contribution in [0.15, 0.2) is 52.9 Å². The number of nitriles is 2. The van der Waals surface area contributed by atoms with Crippen molar-refractivity contribution in [3.05, 3.63) is 69.4 Å². The molecule has 0 saturated heterocycles. The van der Waals surface area contributed by atoms with Crippen LogP contribution in [0.2, 0.25) is 0 Å². The van der Waals surface area contributed by atoms with Crippen LogP contribution in [-0.4, -0.2) is 23.8 Å². The summed E-state index contributed by atoms with van der Waals surface area (Å²) in [6.07, 6.45) is 4.03. The van der Waals surface area contributed by atoms with Crippen molar-refractivity contribution in [2.45, 2.75) is 30.7 Å². The number of hydrogen-bond acceptors (Lipinski definition) is 8. The lowest BCUT2D eigenvalue weighted by atomic mass is 9.96. The number of nitrogens with one attached hydrogen (secondary N) is 1. The van der Waals surface area contributed by atoms with E-state index in [1.807, 2.05) is 47.8 Å². The molecule has 3 aromatic heterocycles. The molecule has 0 saturated carbocycles. The normalized spacial score (nSPS) is 12.3. The molecule has 6 nitrogen and oxygen atoms in total. The van der Waals surface area contributed by atoms with E-state index in [1.54, 1.807) is 18.4 Å². The van der Waals surface area contributed by atoms with Gasteiger partial charge in [0.2, 0.25) is 5.91 Å². The third kappa shape index (κ3) is 5.26. The Morgan fingerprint density at radius 2 is 1.92 bits per heavy atom. The second kappa shape index (κ2) is 11.2. The van der Waals surface area contributed by atoms with E-state index in [1.165, 1.54) is 28.0 Å². The van der Waals surface area contributed by atoms with Crippen LogP contribution in [0.4, 0.5) is 5.00 Å². The molecule has 1 aliphatic rings. The van der Waals surface area contributed by atoms with Gasteiger partial charge in [-0.2, -0.15) is 10.5 Å². The number of aryl methyl sites for hydroxylation is 1. The van der Waals surface area contributed by atoms with E-state index in [9.17, 15) is 15.3 Å². The highest BCUT2D eigenvalue weighted by molar-refractivity contribution is 8.00. The smallest absolute Gasteiger partial charge is 0.235 e. The summed E-state index contributed by atoms with van der Waals surface area (Å²) < 4.78 is 5.28. The Kier molecular flexibility index (Phi) is 7.57. The molecule has 0 bridgehead atoms. The SMILES string of the molecule is COc1ccc(-c2cc(-c3cccs3)nc(SCC(=O)Nc3sc4c(c3C#N)CCCC4)c2C#N)cc1. The average molecular weight is 543 g/mol. The average Bonchev–Trinajstić information content (AvgIpc) is 3.59. The molecule has 5 rings (SSSR count). The Morgan fingerprint density at radius 1 is 1.14 bits per heavy atom. The van der Waals surface area contributed by atoms with Crippen LogP contribution >= 0.6 is 34.4 Å². The number of rotatable bonds is 7. The van der Waals surface area contributed by atoms with Crippen LogP contribution in [0.3, 0.4) is 0 Å². The van der Waals surface area contributed by atoms with Gasteiger partial charge in [0.15, 0.2) is 0 Å². The minimum atomic E-state index is -0.224. The molecular weight excluding hydrogens is 521 g/mol. The van der Waals surface area contributed by atoms with Crippen LogP contribution in [0.5, 0.6) is 5.75 Å². The van der Waals surface area contributed by atoms with Crippen molar-refractivity contribution in [1.82, 2.24) is 4.98 Å². The second-order valence-electron chi connectivity index (χ2n) is 8.42. The van der Waals surface area contributed by atoms with E-state index in [-0.39, 0.29) is 11.7 Å². The molecule has 0 radical (unpaired) electrons. The van der Waals surface area contributed by atoms with E-state index in [0.29, 0.717) is 21.2 Å². The van der Waals surface area contributed by atoms with Gasteiger partial charge >= 0.3 is 0 Å². The number of hydrogen-bond donors (Lipinski definition) is 1. The van der Waals surface area contributed by atoms with Crippen LogP contribution < -0.4 is 10.1 Å². The number of carbonyl (C=O) groups is 1. The first kappa shape index (κ1) is 25.0. The number of benzene rings is 1. The number of nitrogens with zero attached hydrogens (tertiary/aromatic N) is 3. The van der Waals surface area contributed by atoms with Gasteiger partial charge < -0.3 is 10.1 Å². The monoisotopic (exact) mass is 542 g/mol. The van der Waals surface area contributed by atoms with E-state index >= 15 is 0 Å². The molecule has 0 atom stereocenters. The zero-order chi connectivity index (χ0) is 25.8. The summed E-state index contributed by atoms with van der Waals surface area (Å²) in [6, 6.07) is 18.0. The molecule has 1 N–H and O–H groups in total. The van der Waals surface area contributed by atoms with Gasteiger partial charge in [-0.05, 0) is 66.5 Å². The van der Waals surface area contributed by atoms with Crippen molar-refractivity contribution < 1.29 is 9.53 Å². The van der Waals surface area contributed by atoms with Crippen molar-refractivity contribution >= 4 is 45.3 Å². The number of methoxy groups -OCH3 is 1. The fourth-order valence-electron chi connectivity index (χ4n) is 4.35. The Balaban J connectivity index is 1.43. The van der Waals surface area contributed by atoms with Crippen LogP contribution in [0.1, 0.15) is 34.4 Å². The molecule has 184 valence electrons. The highest BCUT2D eigenvalue weighted by atomic mass is 32.2. The fourth-order valence-corrected chi connectivity index (χ4v) is 7.10. The van der Waals surface area contributed by atoms with E-state index in [0.717, 1.165) is 58.7 Å². The van der Waals surface area contributed by atoms with Crippen molar-refractivity contribution in [2.75, 3.05) is 18.2 Å². The molecule has 37 heavy (non-hydrogen) atoms. The van der Waals surface area contributed by atoms with Gasteiger partial charge in [-0.3, -0.25) is 4.79 Å². The van der Waals surface area contributed by atoms with Gasteiger partial charge in [-0.25, -0.2) is 4.98 Å². The van der Waals surface area contributed by atoms with Gasteiger partial charge in [0.25, 0.3) is 0 Å². The number of carbonyl (C=O) groups excluding carboxylic acids is 1. The molecule has 0 aliphatic heterocycles. The lowest BCUT2D eigenvalue weighted by Gasteiger charge is -2.12. The topological polar surface area (TPSA) is 98.8 Å². The number of thioether (sulfide) groups is 1. The zero-order valence-electron chi connectivity index (χ0n) is 20.0. The highest BCUT2D eigenvalue weighted by Gasteiger charge is 2.22. The number of amides is 1. The number of anilines is 1. The first-order valence-electron chi connectivity index (χ1n) is 11.7. The van der Waals surface area contributed by atoms with Gasteiger partial charge in [0.05, 0.1) is 34.6 Å². The summed E-state index contributed by atoms with van der Waals surface area (Å²) in [6.45, 7) is 0. The molecular formula is C28H22N4O2S3. The van der Waals surface area contributed by atoms with Crippen LogP contribution in [0.25, 0.3) is 21.7 Å². The summed E-state index contributed by atoms with van der Waals surface area (Å²) in [5, 5.41) is 25.8. The lowest BCUT2D eigenvalue weighted by molar-refractivity contribution is -0.113. The maximum Gasteiger partial charge on any atom is 0.235 e. The molecule has 0 unspecified atom stereocenters. The van der Waals surface area contributed by atoms with Gasteiger partial charge in [0.1, 0.15) is 27.9 Å². The first-order chi connectivity index (χ1) is 18.1. The lowest BCUT2D eigenvalue weighted by Crippen LogP contribution is -2.14. The molecule has 0 spiro atoms.